The van der Waals surface area contributed by atoms with Crippen molar-refractivity contribution in [3.63, 3.8) is 0 Å². The van der Waals surface area contributed by atoms with Crippen LogP contribution in [-0.4, -0.2) is 6.18 Å². The molecular formula is C4H5F3. The molecule has 0 heterocycles. The van der Waals surface area contributed by atoms with Crippen LogP contribution in [-0.2, 0) is 0 Å². The number of allylic oxidation sites excluding steroid dienone is 2. The molecule has 0 aromatic carbocycles. The van der Waals surface area contributed by atoms with Gasteiger partial charge in [-0.2, -0.15) is 13.2 Å². The summed E-state index contributed by atoms with van der Waals surface area (Å²) in [5, 5.41) is 0. The maximum Gasteiger partial charge on any atom is 0.409 e. The highest BCUT2D eigenvalue weighted by atomic mass is 19.4. The van der Waals surface area contributed by atoms with E-state index in [-0.39, 0.29) is 6.08 Å². The molecule has 0 spiro atoms. The smallest absolute Gasteiger partial charge is 0.167 e. The standard InChI is InChI=1S/C4H5F3/c1-2-3-4(5,6)7/h2-3H,1H3/b3-2-. The SMILES string of the molecule is C/C=C\C(F)(F)F. The third-order valence-electron chi connectivity index (χ3n) is 0.356. The van der Waals surface area contributed by atoms with Crippen molar-refractivity contribution < 1.29 is 13.2 Å². The molecule has 3 heteroatoms. The van der Waals surface area contributed by atoms with Crippen molar-refractivity contribution in [1.82, 2.24) is 0 Å². The van der Waals surface area contributed by atoms with E-state index in [0.717, 1.165) is 6.08 Å². The Morgan fingerprint density at radius 1 is 1.29 bits per heavy atom. The quantitative estimate of drug-likeness (QED) is 0.419. The first-order chi connectivity index (χ1) is 3.06. The van der Waals surface area contributed by atoms with Gasteiger partial charge in [-0.25, -0.2) is 0 Å². The molecule has 0 saturated heterocycles. The van der Waals surface area contributed by atoms with Gasteiger partial charge >= 0.3 is 6.18 Å². The van der Waals surface area contributed by atoms with Gasteiger partial charge in [-0.1, -0.05) is 6.08 Å². The molecule has 0 atom stereocenters. The highest BCUT2D eigenvalue weighted by Gasteiger charge is 2.20. The van der Waals surface area contributed by atoms with Gasteiger partial charge < -0.3 is 0 Å². The molecular weight excluding hydrogens is 105 g/mol. The van der Waals surface area contributed by atoms with Crippen LogP contribution in [0.2, 0.25) is 0 Å². The van der Waals surface area contributed by atoms with Gasteiger partial charge in [0.25, 0.3) is 0 Å². The predicted octanol–water partition coefficient (Wildman–Crippen LogP) is 2.12. The summed E-state index contributed by atoms with van der Waals surface area (Å²) in [5.74, 6) is 0. The van der Waals surface area contributed by atoms with Crippen molar-refractivity contribution in [2.24, 2.45) is 0 Å². The van der Waals surface area contributed by atoms with Crippen molar-refractivity contribution in [3.8, 4) is 0 Å². The molecule has 0 aromatic rings. The zero-order valence-electron chi connectivity index (χ0n) is 3.79. The Morgan fingerprint density at radius 2 is 1.71 bits per heavy atom. The van der Waals surface area contributed by atoms with Crippen molar-refractivity contribution in [1.29, 1.82) is 0 Å². The largest absolute Gasteiger partial charge is 0.409 e. The average Bonchev–Trinajstić information content (AvgIpc) is 1.30. The predicted molar refractivity (Wildman–Crippen MR) is 20.9 cm³/mol. The Balaban J connectivity index is 3.56. The number of alkyl halides is 3. The van der Waals surface area contributed by atoms with E-state index < -0.39 is 6.18 Å². The van der Waals surface area contributed by atoms with E-state index >= 15 is 0 Å². The molecule has 42 valence electrons. The van der Waals surface area contributed by atoms with E-state index in [9.17, 15) is 13.2 Å². The lowest BCUT2D eigenvalue weighted by molar-refractivity contribution is -0.0799. The van der Waals surface area contributed by atoms with Gasteiger partial charge in [0, 0.05) is 6.08 Å². The second kappa shape index (κ2) is 2.00. The van der Waals surface area contributed by atoms with Gasteiger partial charge in [-0.15, -0.1) is 0 Å². The Hall–Kier alpha value is -0.470. The summed E-state index contributed by atoms with van der Waals surface area (Å²) in [6.07, 6.45) is -2.98. The Labute approximate surface area is 39.6 Å². The summed E-state index contributed by atoms with van der Waals surface area (Å²) in [4.78, 5) is 0. The number of rotatable bonds is 0. The van der Waals surface area contributed by atoms with E-state index in [2.05, 4.69) is 0 Å². The first-order valence-corrected chi connectivity index (χ1v) is 1.77. The normalized spacial score (nSPS) is 13.1. The Bertz CT molecular complexity index is 69.5. The molecule has 0 aliphatic heterocycles. The summed E-state index contributed by atoms with van der Waals surface area (Å²) >= 11 is 0. The van der Waals surface area contributed by atoms with E-state index in [0.29, 0.717) is 0 Å². The summed E-state index contributed by atoms with van der Waals surface area (Å²) in [5.41, 5.74) is 0. The maximum atomic E-state index is 11.0. The second-order valence-electron chi connectivity index (χ2n) is 1.04. The van der Waals surface area contributed by atoms with Crippen LogP contribution in [0, 0.1) is 0 Å². The first-order valence-electron chi connectivity index (χ1n) is 1.77. The molecule has 0 bridgehead atoms. The van der Waals surface area contributed by atoms with Crippen LogP contribution in [0.15, 0.2) is 12.2 Å². The highest BCUT2D eigenvalue weighted by Crippen LogP contribution is 2.15. The summed E-state index contributed by atoms with van der Waals surface area (Å²) < 4.78 is 32.9. The lowest BCUT2D eigenvalue weighted by atomic mass is 10.5. The summed E-state index contributed by atoms with van der Waals surface area (Å²) in [6, 6.07) is 0. The van der Waals surface area contributed by atoms with Crippen molar-refractivity contribution >= 4 is 0 Å². The zero-order valence-corrected chi connectivity index (χ0v) is 3.79. The molecule has 0 saturated carbocycles. The fourth-order valence-electron chi connectivity index (χ4n) is 0.189. The van der Waals surface area contributed by atoms with E-state index in [1.165, 1.54) is 6.92 Å². The molecule has 0 unspecified atom stereocenters. The van der Waals surface area contributed by atoms with E-state index in [1.807, 2.05) is 0 Å². The number of hydrogen-bond donors (Lipinski definition) is 0. The fourth-order valence-corrected chi connectivity index (χ4v) is 0.189. The zero-order chi connectivity index (χ0) is 5.91. The minimum atomic E-state index is -4.13. The van der Waals surface area contributed by atoms with Crippen LogP contribution < -0.4 is 0 Å². The molecule has 7 heavy (non-hydrogen) atoms. The third-order valence-corrected chi connectivity index (χ3v) is 0.356. The Morgan fingerprint density at radius 3 is 1.71 bits per heavy atom. The van der Waals surface area contributed by atoms with Gasteiger partial charge in [-0.3, -0.25) is 0 Å². The van der Waals surface area contributed by atoms with Crippen molar-refractivity contribution in [2.75, 3.05) is 0 Å². The van der Waals surface area contributed by atoms with Crippen molar-refractivity contribution in [3.05, 3.63) is 12.2 Å². The summed E-state index contributed by atoms with van der Waals surface area (Å²) in [6.45, 7) is 1.33. The highest BCUT2D eigenvalue weighted by molar-refractivity contribution is 4.84. The topological polar surface area (TPSA) is 0 Å². The van der Waals surface area contributed by atoms with Crippen molar-refractivity contribution in [2.45, 2.75) is 13.1 Å². The fraction of sp³-hybridized carbons (Fsp3) is 0.500. The average molecular weight is 110 g/mol. The molecule has 0 fully saturated rings. The molecule has 0 aliphatic carbocycles. The molecule has 0 rings (SSSR count). The first kappa shape index (κ1) is 6.53. The van der Waals surface area contributed by atoms with Gasteiger partial charge in [0.2, 0.25) is 0 Å². The summed E-state index contributed by atoms with van der Waals surface area (Å²) in [7, 11) is 0. The van der Waals surface area contributed by atoms with Gasteiger partial charge in [0.05, 0.1) is 0 Å². The molecule has 0 aromatic heterocycles. The molecule has 0 nitrogen and oxygen atoms in total. The van der Waals surface area contributed by atoms with Crippen LogP contribution in [0.5, 0.6) is 0 Å². The molecule has 0 radical (unpaired) electrons. The van der Waals surface area contributed by atoms with Gasteiger partial charge in [-0.05, 0) is 6.92 Å². The molecule has 0 aliphatic rings. The number of halogens is 3. The third kappa shape index (κ3) is 5.53. The van der Waals surface area contributed by atoms with Crippen LogP contribution in [0.25, 0.3) is 0 Å². The number of hydrogen-bond acceptors (Lipinski definition) is 0. The Kier molecular flexibility index (Phi) is 1.87. The lowest BCUT2D eigenvalue weighted by Gasteiger charge is -1.93. The molecule has 0 N–H and O–H groups in total. The van der Waals surface area contributed by atoms with E-state index in [1.54, 1.807) is 0 Å². The minimum Gasteiger partial charge on any atom is -0.167 e. The van der Waals surface area contributed by atoms with Crippen LogP contribution in [0.1, 0.15) is 6.92 Å². The van der Waals surface area contributed by atoms with Crippen LogP contribution >= 0.6 is 0 Å². The monoisotopic (exact) mass is 110 g/mol. The molecule has 0 amide bonds. The second-order valence-corrected chi connectivity index (χ2v) is 1.04. The van der Waals surface area contributed by atoms with E-state index in [4.69, 9.17) is 0 Å². The lowest BCUT2D eigenvalue weighted by Crippen LogP contribution is -1.99. The minimum absolute atomic E-state index is 0.188. The van der Waals surface area contributed by atoms with Gasteiger partial charge in [0.1, 0.15) is 0 Å². The maximum absolute atomic E-state index is 11.0. The van der Waals surface area contributed by atoms with Crippen LogP contribution in [0.3, 0.4) is 0 Å². The van der Waals surface area contributed by atoms with Crippen LogP contribution in [0.4, 0.5) is 13.2 Å². The van der Waals surface area contributed by atoms with Gasteiger partial charge in [0.15, 0.2) is 0 Å².